The number of Topliss-reactive ketones (excluding diaryl/α,β-unsaturated/α-hetero) is 2. The molecule has 0 aromatic heterocycles. The van der Waals surface area contributed by atoms with Crippen molar-refractivity contribution in [1.29, 1.82) is 0 Å². The lowest BCUT2D eigenvalue weighted by molar-refractivity contribution is -0.138. The molecule has 0 atom stereocenters. The van der Waals surface area contributed by atoms with Gasteiger partial charge >= 0.3 is 6.18 Å². The maximum atomic E-state index is 12.9. The highest BCUT2D eigenvalue weighted by molar-refractivity contribution is 6.09. The normalized spacial score (nSPS) is 15.4. The molecular formula is C13H10F4O2. The molecule has 0 unspecified atom stereocenters. The van der Waals surface area contributed by atoms with Crippen LogP contribution in [-0.4, -0.2) is 11.6 Å². The molecule has 0 saturated heterocycles. The van der Waals surface area contributed by atoms with Gasteiger partial charge in [0.05, 0.1) is 12.0 Å². The van der Waals surface area contributed by atoms with Gasteiger partial charge in [-0.15, -0.1) is 0 Å². The van der Waals surface area contributed by atoms with Gasteiger partial charge < -0.3 is 0 Å². The van der Waals surface area contributed by atoms with Crippen LogP contribution in [0, 0.1) is 11.7 Å². The van der Waals surface area contributed by atoms with Crippen molar-refractivity contribution in [3.8, 4) is 0 Å². The van der Waals surface area contributed by atoms with E-state index in [1.54, 1.807) is 0 Å². The Labute approximate surface area is 106 Å². The lowest BCUT2D eigenvalue weighted by Gasteiger charge is -2.11. The van der Waals surface area contributed by atoms with Gasteiger partial charge in [-0.2, -0.15) is 13.2 Å². The zero-order chi connectivity index (χ0) is 14.2. The molecule has 0 bridgehead atoms. The van der Waals surface area contributed by atoms with Crippen molar-refractivity contribution in [3.05, 3.63) is 35.1 Å². The Bertz CT molecular complexity index is 530. The first-order chi connectivity index (χ1) is 8.79. The van der Waals surface area contributed by atoms with Crippen molar-refractivity contribution in [1.82, 2.24) is 0 Å². The van der Waals surface area contributed by atoms with Crippen LogP contribution >= 0.6 is 0 Å². The summed E-state index contributed by atoms with van der Waals surface area (Å²) < 4.78 is 50.9. The van der Waals surface area contributed by atoms with Crippen LogP contribution in [0.3, 0.4) is 0 Å². The summed E-state index contributed by atoms with van der Waals surface area (Å²) in [6.07, 6.45) is -4.02. The lowest BCUT2D eigenvalue weighted by atomic mass is 9.98. The van der Waals surface area contributed by atoms with Crippen molar-refractivity contribution in [2.24, 2.45) is 5.92 Å². The highest BCUT2D eigenvalue weighted by Gasteiger charge is 2.37. The van der Waals surface area contributed by atoms with Crippen LogP contribution in [0.5, 0.6) is 0 Å². The van der Waals surface area contributed by atoms with Gasteiger partial charge in [-0.1, -0.05) is 0 Å². The standard InChI is InChI=1S/C13H10F4O2/c14-8-3-4-9(10(5-8)13(15,16)17)12(19)6-11(18)7-1-2-7/h3-5,7H,1-2,6H2. The van der Waals surface area contributed by atoms with Crippen LogP contribution in [0.15, 0.2) is 18.2 Å². The number of benzene rings is 1. The van der Waals surface area contributed by atoms with Gasteiger partial charge in [0.1, 0.15) is 11.6 Å². The van der Waals surface area contributed by atoms with E-state index in [-0.39, 0.29) is 17.8 Å². The second-order valence-electron chi connectivity index (χ2n) is 4.53. The maximum absolute atomic E-state index is 12.9. The van der Waals surface area contributed by atoms with Crippen LogP contribution < -0.4 is 0 Å². The molecule has 0 spiro atoms. The number of carbonyl (C=O) groups excluding carboxylic acids is 2. The monoisotopic (exact) mass is 274 g/mol. The van der Waals surface area contributed by atoms with Crippen LogP contribution in [0.25, 0.3) is 0 Å². The van der Waals surface area contributed by atoms with Crippen molar-refractivity contribution < 1.29 is 27.2 Å². The van der Waals surface area contributed by atoms with Gasteiger partial charge in [0.2, 0.25) is 0 Å². The van der Waals surface area contributed by atoms with Crippen LogP contribution in [0.2, 0.25) is 0 Å². The molecule has 0 N–H and O–H groups in total. The maximum Gasteiger partial charge on any atom is 0.417 e. The highest BCUT2D eigenvalue weighted by Crippen LogP contribution is 2.35. The topological polar surface area (TPSA) is 34.1 Å². The van der Waals surface area contributed by atoms with Gasteiger partial charge in [0.15, 0.2) is 5.78 Å². The zero-order valence-corrected chi connectivity index (χ0v) is 9.76. The zero-order valence-electron chi connectivity index (χ0n) is 9.76. The Kier molecular flexibility index (Phi) is 3.43. The Balaban J connectivity index is 2.27. The highest BCUT2D eigenvalue weighted by atomic mass is 19.4. The molecule has 2 rings (SSSR count). The molecule has 1 aromatic carbocycles. The fraction of sp³-hybridized carbons (Fsp3) is 0.385. The first-order valence-electron chi connectivity index (χ1n) is 5.71. The molecule has 1 aliphatic rings. The minimum absolute atomic E-state index is 0.196. The number of hydrogen-bond acceptors (Lipinski definition) is 2. The van der Waals surface area contributed by atoms with Crippen molar-refractivity contribution in [3.63, 3.8) is 0 Å². The summed E-state index contributed by atoms with van der Waals surface area (Å²) in [6.45, 7) is 0. The fourth-order valence-corrected chi connectivity index (χ4v) is 1.80. The van der Waals surface area contributed by atoms with Crippen molar-refractivity contribution >= 4 is 11.6 Å². The van der Waals surface area contributed by atoms with E-state index in [1.165, 1.54) is 0 Å². The number of ketones is 2. The van der Waals surface area contributed by atoms with Crippen LogP contribution in [-0.2, 0) is 11.0 Å². The Morgan fingerprint density at radius 1 is 1.21 bits per heavy atom. The van der Waals surface area contributed by atoms with Crippen molar-refractivity contribution in [2.75, 3.05) is 0 Å². The second-order valence-corrected chi connectivity index (χ2v) is 4.53. The SMILES string of the molecule is O=C(CC(=O)C1CC1)c1ccc(F)cc1C(F)(F)F. The summed E-state index contributed by atoms with van der Waals surface area (Å²) in [5.74, 6) is -2.53. The smallest absolute Gasteiger partial charge is 0.299 e. The molecule has 6 heteroatoms. The predicted molar refractivity (Wildman–Crippen MR) is 58.1 cm³/mol. The molecule has 1 saturated carbocycles. The Hall–Kier alpha value is -1.72. The second kappa shape index (κ2) is 4.75. The van der Waals surface area contributed by atoms with Crippen LogP contribution in [0.1, 0.15) is 35.2 Å². The summed E-state index contributed by atoms with van der Waals surface area (Å²) in [7, 11) is 0. The molecule has 0 radical (unpaired) electrons. The van der Waals surface area contributed by atoms with E-state index in [0.717, 1.165) is 12.1 Å². The number of hydrogen-bond donors (Lipinski definition) is 0. The molecule has 2 nitrogen and oxygen atoms in total. The summed E-state index contributed by atoms with van der Waals surface area (Å²) in [6, 6.07) is 1.83. The third-order valence-corrected chi connectivity index (χ3v) is 2.95. The van der Waals surface area contributed by atoms with E-state index < -0.39 is 35.3 Å². The van der Waals surface area contributed by atoms with E-state index in [4.69, 9.17) is 0 Å². The molecule has 102 valence electrons. The van der Waals surface area contributed by atoms with Crippen molar-refractivity contribution in [2.45, 2.75) is 25.4 Å². The minimum Gasteiger partial charge on any atom is -0.299 e. The fourth-order valence-electron chi connectivity index (χ4n) is 1.80. The molecule has 1 aliphatic carbocycles. The Morgan fingerprint density at radius 2 is 1.84 bits per heavy atom. The van der Waals surface area contributed by atoms with E-state index in [1.807, 2.05) is 0 Å². The predicted octanol–water partition coefficient (Wildman–Crippen LogP) is 3.40. The first kappa shape index (κ1) is 13.7. The summed E-state index contributed by atoms with van der Waals surface area (Å²) in [5, 5.41) is 0. The summed E-state index contributed by atoms with van der Waals surface area (Å²) in [4.78, 5) is 23.2. The quantitative estimate of drug-likeness (QED) is 0.479. The van der Waals surface area contributed by atoms with E-state index >= 15 is 0 Å². The van der Waals surface area contributed by atoms with E-state index in [9.17, 15) is 27.2 Å². The summed E-state index contributed by atoms with van der Waals surface area (Å²) >= 11 is 0. The molecule has 0 amide bonds. The average Bonchev–Trinajstić information content (AvgIpc) is 3.11. The largest absolute Gasteiger partial charge is 0.417 e. The van der Waals surface area contributed by atoms with Gasteiger partial charge in [0.25, 0.3) is 0 Å². The average molecular weight is 274 g/mol. The third kappa shape index (κ3) is 3.19. The van der Waals surface area contributed by atoms with E-state index in [0.29, 0.717) is 12.8 Å². The van der Waals surface area contributed by atoms with Gasteiger partial charge in [-0.25, -0.2) is 4.39 Å². The third-order valence-electron chi connectivity index (χ3n) is 2.95. The minimum atomic E-state index is -4.82. The Morgan fingerprint density at radius 3 is 2.37 bits per heavy atom. The van der Waals surface area contributed by atoms with E-state index in [2.05, 4.69) is 0 Å². The summed E-state index contributed by atoms with van der Waals surface area (Å²) in [5.41, 5.74) is -1.98. The van der Waals surface area contributed by atoms with Gasteiger partial charge in [-0.3, -0.25) is 9.59 Å². The van der Waals surface area contributed by atoms with Crippen LogP contribution in [0.4, 0.5) is 17.6 Å². The molecular weight excluding hydrogens is 264 g/mol. The number of halogens is 4. The molecule has 0 heterocycles. The van der Waals surface area contributed by atoms with Gasteiger partial charge in [0, 0.05) is 11.5 Å². The number of alkyl halides is 3. The molecule has 1 aromatic rings. The first-order valence-corrected chi connectivity index (χ1v) is 5.71. The number of rotatable bonds is 4. The molecule has 1 fully saturated rings. The lowest BCUT2D eigenvalue weighted by Crippen LogP contribution is -2.16. The number of carbonyl (C=O) groups is 2. The molecule has 0 aliphatic heterocycles. The van der Waals surface area contributed by atoms with Gasteiger partial charge in [-0.05, 0) is 31.0 Å². The molecule has 19 heavy (non-hydrogen) atoms.